The average molecular weight is 556 g/mol. The van der Waals surface area contributed by atoms with Gasteiger partial charge in [-0.2, -0.15) is 0 Å². The summed E-state index contributed by atoms with van der Waals surface area (Å²) < 4.78 is 5.40. The van der Waals surface area contributed by atoms with Gasteiger partial charge < -0.3 is 20.3 Å². The van der Waals surface area contributed by atoms with Crippen molar-refractivity contribution in [2.24, 2.45) is 0 Å². The van der Waals surface area contributed by atoms with Gasteiger partial charge in [0.2, 0.25) is 0 Å². The molecule has 40 heavy (non-hydrogen) atoms. The fourth-order valence-electron chi connectivity index (χ4n) is 4.57. The molecule has 9 nitrogen and oxygen atoms in total. The Morgan fingerprint density at radius 3 is 1.82 bits per heavy atom. The van der Waals surface area contributed by atoms with Gasteiger partial charge in [0.25, 0.3) is 0 Å². The van der Waals surface area contributed by atoms with Crippen molar-refractivity contribution in [1.82, 2.24) is 15.1 Å². The first-order valence-electron chi connectivity index (χ1n) is 13.6. The molecule has 0 saturated heterocycles. The van der Waals surface area contributed by atoms with Crippen LogP contribution in [0.1, 0.15) is 52.7 Å². The fraction of sp³-hybridized carbons (Fsp3) is 0.516. The van der Waals surface area contributed by atoms with Crippen LogP contribution in [0.15, 0.2) is 60.7 Å². The van der Waals surface area contributed by atoms with E-state index in [1.807, 2.05) is 60.7 Å². The molecule has 3 N–H and O–H groups in total. The number of nitrogens with one attached hydrogen (secondary N) is 1. The van der Waals surface area contributed by atoms with Crippen LogP contribution in [0.25, 0.3) is 0 Å². The number of hydrogen-bond donors (Lipinski definition) is 3. The summed E-state index contributed by atoms with van der Waals surface area (Å²) >= 11 is 0. The SMILES string of the molecule is CN(CC(=O)[C@H](Cc1ccccc1)N(C(=O)O)C(C)(C)C)C[C@@H](O)[C@H](Cc1ccccc1)NC(=O)OC(C)(C)C. The predicted octanol–water partition coefficient (Wildman–Crippen LogP) is 4.37. The Balaban J connectivity index is 2.20. The first-order valence-corrected chi connectivity index (χ1v) is 13.6. The Hall–Kier alpha value is -3.43. The van der Waals surface area contributed by atoms with Crippen LogP contribution >= 0.6 is 0 Å². The molecule has 0 aliphatic rings. The minimum atomic E-state index is -1.17. The van der Waals surface area contributed by atoms with E-state index in [4.69, 9.17) is 4.74 Å². The zero-order valence-electron chi connectivity index (χ0n) is 24.8. The molecular weight excluding hydrogens is 510 g/mol. The number of likely N-dealkylation sites (N-methyl/N-ethyl adjacent to an activating group) is 1. The molecule has 2 rings (SSSR count). The van der Waals surface area contributed by atoms with E-state index in [2.05, 4.69) is 5.32 Å². The van der Waals surface area contributed by atoms with Crippen LogP contribution in [0.4, 0.5) is 9.59 Å². The van der Waals surface area contributed by atoms with Crippen LogP contribution in [-0.4, -0.2) is 87.4 Å². The summed E-state index contributed by atoms with van der Waals surface area (Å²) in [4.78, 5) is 41.3. The van der Waals surface area contributed by atoms with Crippen LogP contribution in [-0.2, 0) is 22.4 Å². The monoisotopic (exact) mass is 555 g/mol. The molecule has 0 aliphatic carbocycles. The van der Waals surface area contributed by atoms with Crippen molar-refractivity contribution in [2.75, 3.05) is 20.1 Å². The standard InChI is InChI=1S/C31H45N3O6/c1-30(2,3)34(29(38)39)25(19-23-16-12-9-13-17-23)27(36)21-33(7)20-26(35)24(18-22-14-10-8-11-15-22)32-28(37)40-31(4,5)6/h8-17,24-26,35H,18-21H2,1-7H3,(H,32,37)(H,38,39)/t24-,25-,26+/m0/s1. The number of carbonyl (C=O) groups excluding carboxylic acids is 2. The van der Waals surface area contributed by atoms with Gasteiger partial charge in [-0.1, -0.05) is 60.7 Å². The maximum absolute atomic E-state index is 13.6. The molecule has 0 bridgehead atoms. The van der Waals surface area contributed by atoms with Crippen LogP contribution in [0, 0.1) is 0 Å². The zero-order valence-corrected chi connectivity index (χ0v) is 24.8. The van der Waals surface area contributed by atoms with E-state index >= 15 is 0 Å². The Bertz CT molecular complexity index is 1100. The van der Waals surface area contributed by atoms with Gasteiger partial charge in [0.15, 0.2) is 5.78 Å². The molecule has 0 saturated carbocycles. The average Bonchev–Trinajstić information content (AvgIpc) is 2.82. The fourth-order valence-corrected chi connectivity index (χ4v) is 4.57. The van der Waals surface area contributed by atoms with Gasteiger partial charge in [0, 0.05) is 18.5 Å². The number of hydrogen-bond acceptors (Lipinski definition) is 6. The predicted molar refractivity (Wildman–Crippen MR) is 155 cm³/mol. The summed E-state index contributed by atoms with van der Waals surface area (Å²) in [6.07, 6.45) is -2.26. The quantitative estimate of drug-likeness (QED) is 0.356. The summed E-state index contributed by atoms with van der Waals surface area (Å²) in [5.41, 5.74) is 0.263. The topological polar surface area (TPSA) is 119 Å². The van der Waals surface area contributed by atoms with Gasteiger partial charge in [-0.3, -0.25) is 14.6 Å². The maximum atomic E-state index is 13.6. The second kappa shape index (κ2) is 14.3. The Kier molecular flexibility index (Phi) is 11.7. The van der Waals surface area contributed by atoms with E-state index < -0.39 is 41.5 Å². The molecule has 0 aromatic heterocycles. The number of amides is 2. The lowest BCUT2D eigenvalue weighted by Gasteiger charge is -2.39. The highest BCUT2D eigenvalue weighted by molar-refractivity contribution is 5.89. The lowest BCUT2D eigenvalue weighted by atomic mass is 9.95. The molecule has 2 amide bonds. The Labute approximate surface area is 238 Å². The number of aliphatic hydroxyl groups excluding tert-OH is 1. The summed E-state index contributed by atoms with van der Waals surface area (Å²) in [5, 5.41) is 24.0. The molecular formula is C31H45N3O6. The largest absolute Gasteiger partial charge is 0.465 e. The Morgan fingerprint density at radius 1 is 0.875 bits per heavy atom. The minimum Gasteiger partial charge on any atom is -0.465 e. The third-order valence-corrected chi connectivity index (χ3v) is 6.27. The lowest BCUT2D eigenvalue weighted by molar-refractivity contribution is -0.126. The number of rotatable bonds is 12. The number of ether oxygens (including phenoxy) is 1. The van der Waals surface area contributed by atoms with E-state index in [-0.39, 0.29) is 25.3 Å². The summed E-state index contributed by atoms with van der Waals surface area (Å²) in [7, 11) is 1.69. The number of carbonyl (C=O) groups is 3. The van der Waals surface area contributed by atoms with Gasteiger partial charge in [0.1, 0.15) is 5.60 Å². The first kappa shape index (κ1) is 32.8. The number of benzene rings is 2. The van der Waals surface area contributed by atoms with E-state index in [9.17, 15) is 24.6 Å². The first-order chi connectivity index (χ1) is 18.6. The van der Waals surface area contributed by atoms with Crippen molar-refractivity contribution >= 4 is 18.0 Å². The Morgan fingerprint density at radius 2 is 1.38 bits per heavy atom. The second-order valence-electron chi connectivity index (χ2n) is 12.2. The van der Waals surface area contributed by atoms with Crippen molar-refractivity contribution in [2.45, 2.75) is 83.7 Å². The van der Waals surface area contributed by atoms with Crippen molar-refractivity contribution in [3.8, 4) is 0 Å². The van der Waals surface area contributed by atoms with Crippen LogP contribution in [0.5, 0.6) is 0 Å². The molecule has 0 radical (unpaired) electrons. The van der Waals surface area contributed by atoms with Gasteiger partial charge >= 0.3 is 12.2 Å². The third-order valence-electron chi connectivity index (χ3n) is 6.27. The van der Waals surface area contributed by atoms with E-state index in [0.29, 0.717) is 6.42 Å². The van der Waals surface area contributed by atoms with Gasteiger partial charge in [-0.05, 0) is 66.1 Å². The van der Waals surface area contributed by atoms with Crippen molar-refractivity contribution < 1.29 is 29.3 Å². The molecule has 3 atom stereocenters. The molecule has 220 valence electrons. The minimum absolute atomic E-state index is 0.0691. The molecule has 2 aromatic rings. The molecule has 0 fully saturated rings. The van der Waals surface area contributed by atoms with Crippen molar-refractivity contribution in [3.63, 3.8) is 0 Å². The second-order valence-corrected chi connectivity index (χ2v) is 12.2. The number of Topliss-reactive ketones (excluding diaryl/α,β-unsaturated/α-hetero) is 1. The van der Waals surface area contributed by atoms with Crippen molar-refractivity contribution in [1.29, 1.82) is 0 Å². The van der Waals surface area contributed by atoms with E-state index in [0.717, 1.165) is 11.1 Å². The number of alkyl carbamates (subject to hydrolysis) is 1. The van der Waals surface area contributed by atoms with Gasteiger partial charge in [-0.25, -0.2) is 9.59 Å². The number of ketones is 1. The van der Waals surface area contributed by atoms with Crippen LogP contribution in [0.2, 0.25) is 0 Å². The molecule has 0 aliphatic heterocycles. The normalized spacial score (nSPS) is 14.2. The summed E-state index contributed by atoms with van der Waals surface area (Å²) in [6.45, 7) is 10.6. The highest BCUT2D eigenvalue weighted by atomic mass is 16.6. The molecule has 2 aromatic carbocycles. The summed E-state index contributed by atoms with van der Waals surface area (Å²) in [5.74, 6) is -0.282. The highest BCUT2D eigenvalue weighted by Gasteiger charge is 2.38. The van der Waals surface area contributed by atoms with Crippen molar-refractivity contribution in [3.05, 3.63) is 71.8 Å². The number of nitrogens with zero attached hydrogens (tertiary/aromatic N) is 2. The summed E-state index contributed by atoms with van der Waals surface area (Å²) in [6, 6.07) is 17.2. The van der Waals surface area contributed by atoms with Crippen LogP contribution < -0.4 is 5.32 Å². The lowest BCUT2D eigenvalue weighted by Crippen LogP contribution is -2.57. The number of carboxylic acid groups (broad SMARTS) is 1. The number of aliphatic hydroxyl groups is 1. The molecule has 0 spiro atoms. The van der Waals surface area contributed by atoms with Gasteiger partial charge in [-0.15, -0.1) is 0 Å². The smallest absolute Gasteiger partial charge is 0.408 e. The van der Waals surface area contributed by atoms with Crippen LogP contribution in [0.3, 0.4) is 0 Å². The van der Waals surface area contributed by atoms with E-state index in [1.165, 1.54) is 4.90 Å². The molecule has 0 heterocycles. The zero-order chi connectivity index (χ0) is 30.1. The molecule has 9 heteroatoms. The van der Waals surface area contributed by atoms with E-state index in [1.54, 1.807) is 53.5 Å². The maximum Gasteiger partial charge on any atom is 0.408 e. The molecule has 0 unspecified atom stereocenters. The van der Waals surface area contributed by atoms with Gasteiger partial charge in [0.05, 0.1) is 24.7 Å². The third kappa shape index (κ3) is 11.0. The highest BCUT2D eigenvalue weighted by Crippen LogP contribution is 2.22.